The van der Waals surface area contributed by atoms with Gasteiger partial charge in [0.2, 0.25) is 0 Å². The maximum Gasteiger partial charge on any atom is 0.152 e. The summed E-state index contributed by atoms with van der Waals surface area (Å²) in [5, 5.41) is 25.8. The molecule has 0 bridgehead atoms. The van der Waals surface area contributed by atoms with Crippen LogP contribution in [0.5, 0.6) is 0 Å². The highest BCUT2D eigenvalue weighted by Crippen LogP contribution is 2.75. The van der Waals surface area contributed by atoms with Crippen LogP contribution in [0, 0.1) is 11.3 Å². The number of allylic oxidation sites excluding steroid dienone is 1. The second-order valence-electron chi connectivity index (χ2n) is 14.0. The van der Waals surface area contributed by atoms with Gasteiger partial charge in [-0.2, -0.15) is 0 Å². The zero-order valence-electron chi connectivity index (χ0n) is 23.6. The molecule has 1 aromatic carbocycles. The molecular weight excluding hydrogens is 478 g/mol. The third-order valence-corrected chi connectivity index (χ3v) is 11.8. The number of ether oxygens (including phenoxy) is 3. The first kappa shape index (κ1) is 25.3. The lowest BCUT2D eigenvalue weighted by atomic mass is 9.40. The van der Waals surface area contributed by atoms with Crippen LogP contribution in [0.4, 0.5) is 0 Å². The van der Waals surface area contributed by atoms with Crippen molar-refractivity contribution < 1.29 is 24.4 Å². The molecule has 1 spiro atoms. The van der Waals surface area contributed by atoms with Gasteiger partial charge in [0, 0.05) is 27.4 Å². The van der Waals surface area contributed by atoms with Crippen molar-refractivity contribution in [3.8, 4) is 0 Å². The van der Waals surface area contributed by atoms with Crippen molar-refractivity contribution in [3.05, 3.63) is 47.2 Å². The average Bonchev–Trinajstić information content (AvgIpc) is 3.44. The van der Waals surface area contributed by atoms with Gasteiger partial charge in [0.15, 0.2) is 5.60 Å². The summed E-state index contributed by atoms with van der Waals surface area (Å²) in [5.41, 5.74) is 1.76. The van der Waals surface area contributed by atoms with Crippen molar-refractivity contribution in [3.63, 3.8) is 0 Å². The Kier molecular flexibility index (Phi) is 5.14. The number of epoxide rings is 1. The number of benzene rings is 1. The summed E-state index contributed by atoms with van der Waals surface area (Å²) in [5.74, 6) is 0.466. The number of H-pyrrole nitrogens is 1. The molecule has 2 aromatic rings. The molecule has 0 amide bonds. The second kappa shape index (κ2) is 7.73. The number of para-hydroxylation sites is 1. The number of aliphatic hydroxyl groups is 2. The Bertz CT molecular complexity index is 1330. The third kappa shape index (κ3) is 2.81. The van der Waals surface area contributed by atoms with Crippen LogP contribution in [0.25, 0.3) is 10.9 Å². The summed E-state index contributed by atoms with van der Waals surface area (Å²) in [4.78, 5) is 3.80. The summed E-state index contributed by atoms with van der Waals surface area (Å²) < 4.78 is 19.4. The first-order chi connectivity index (χ1) is 17.9. The minimum absolute atomic E-state index is 0.223. The predicted molar refractivity (Wildman–Crippen MR) is 146 cm³/mol. The molecule has 5 aliphatic rings. The van der Waals surface area contributed by atoms with Gasteiger partial charge in [-0.05, 0) is 77.3 Å². The number of rotatable bonds is 4. The van der Waals surface area contributed by atoms with Gasteiger partial charge in [0.05, 0.1) is 18.3 Å². The Morgan fingerprint density at radius 2 is 1.95 bits per heavy atom. The van der Waals surface area contributed by atoms with E-state index >= 15 is 0 Å². The number of nitrogens with one attached hydrogen (secondary N) is 1. The molecule has 6 nitrogen and oxygen atoms in total. The van der Waals surface area contributed by atoms with Gasteiger partial charge in [0.1, 0.15) is 23.9 Å². The van der Waals surface area contributed by atoms with Crippen LogP contribution < -0.4 is 0 Å². The smallest absolute Gasteiger partial charge is 0.152 e. The Labute approximate surface area is 225 Å². The van der Waals surface area contributed by atoms with Crippen LogP contribution in [-0.2, 0) is 26.0 Å². The highest BCUT2D eigenvalue weighted by molar-refractivity contribution is 5.86. The lowest BCUT2D eigenvalue weighted by molar-refractivity contribution is -0.283. The lowest BCUT2D eigenvalue weighted by Crippen LogP contribution is -2.76. The first-order valence-corrected chi connectivity index (χ1v) is 14.5. The number of fused-ring (bicyclic) bond motifs is 7. The highest BCUT2D eigenvalue weighted by Gasteiger charge is 2.86. The van der Waals surface area contributed by atoms with Gasteiger partial charge >= 0.3 is 0 Å². The topological polar surface area (TPSA) is 87.2 Å². The summed E-state index contributed by atoms with van der Waals surface area (Å²) in [6.07, 6.45) is 4.21. The molecule has 3 aliphatic carbocycles. The van der Waals surface area contributed by atoms with E-state index in [1.54, 1.807) is 0 Å². The Morgan fingerprint density at radius 3 is 2.71 bits per heavy atom. The van der Waals surface area contributed by atoms with E-state index in [0.29, 0.717) is 18.9 Å². The van der Waals surface area contributed by atoms with E-state index in [2.05, 4.69) is 43.1 Å². The standard InChI is InChI=1S/C32H43NO5/c1-18(2)13-16-36-28(3,4)26-24(34)27-32(38-27)23(37-26)12-14-29(5)30(6)19(11-15-31(29,32)35)17-21-20-9-7-8-10-22(20)33-25(21)30/h7-10,13,19,23-24,26-27,33-35H,11-12,14-17H2,1-6H3/t19?,23?,24?,26?,27?,29-,30-,31?,32?/m1/s1. The molecule has 0 radical (unpaired) electrons. The summed E-state index contributed by atoms with van der Waals surface area (Å²) in [6.45, 7) is 13.2. The van der Waals surface area contributed by atoms with Crippen LogP contribution in [0.2, 0.25) is 0 Å². The normalized spacial score (nSPS) is 45.0. The molecule has 2 saturated carbocycles. The fraction of sp³-hybridized carbons (Fsp3) is 0.688. The summed E-state index contributed by atoms with van der Waals surface area (Å²) in [7, 11) is 0. The van der Waals surface area contributed by atoms with E-state index in [1.165, 1.54) is 27.7 Å². The van der Waals surface area contributed by atoms with Gasteiger partial charge in [0.25, 0.3) is 0 Å². The van der Waals surface area contributed by atoms with Gasteiger partial charge in [-0.1, -0.05) is 43.7 Å². The van der Waals surface area contributed by atoms with Crippen LogP contribution in [0.15, 0.2) is 35.9 Å². The molecular formula is C32H43NO5. The first-order valence-electron chi connectivity index (χ1n) is 14.5. The SMILES string of the molecule is CC(C)=CCOC(C)(C)C1OC2CC[C@@]3(C)C(O)(CCC4Cc5c([nH]c6ccccc56)[C@@]43C)C23OC3C1O. The van der Waals surface area contributed by atoms with Gasteiger partial charge in [-0.25, -0.2) is 0 Å². The average molecular weight is 522 g/mol. The monoisotopic (exact) mass is 521 g/mol. The minimum Gasteiger partial charge on any atom is -0.387 e. The molecule has 4 fully saturated rings. The van der Waals surface area contributed by atoms with E-state index in [0.717, 1.165) is 25.7 Å². The fourth-order valence-corrected chi connectivity index (χ4v) is 9.47. The van der Waals surface area contributed by atoms with Crippen molar-refractivity contribution in [2.75, 3.05) is 6.61 Å². The van der Waals surface area contributed by atoms with Crippen molar-refractivity contribution in [1.82, 2.24) is 4.98 Å². The Morgan fingerprint density at radius 1 is 1.18 bits per heavy atom. The van der Waals surface area contributed by atoms with Crippen molar-refractivity contribution in [2.24, 2.45) is 11.3 Å². The van der Waals surface area contributed by atoms with Crippen LogP contribution >= 0.6 is 0 Å². The number of aromatic nitrogens is 1. The molecule has 9 atom stereocenters. The summed E-state index contributed by atoms with van der Waals surface area (Å²) >= 11 is 0. The van der Waals surface area contributed by atoms with Gasteiger partial charge < -0.3 is 29.4 Å². The zero-order chi connectivity index (χ0) is 26.9. The lowest BCUT2D eigenvalue weighted by Gasteiger charge is -2.66. The van der Waals surface area contributed by atoms with E-state index in [4.69, 9.17) is 14.2 Å². The third-order valence-electron chi connectivity index (χ3n) is 11.8. The Hall–Kier alpha value is -1.70. The Balaban J connectivity index is 1.25. The van der Waals surface area contributed by atoms with Crippen molar-refractivity contribution in [2.45, 2.75) is 120 Å². The van der Waals surface area contributed by atoms with Gasteiger partial charge in [-0.3, -0.25) is 0 Å². The summed E-state index contributed by atoms with van der Waals surface area (Å²) in [6, 6.07) is 8.59. The minimum atomic E-state index is -1.10. The fourth-order valence-electron chi connectivity index (χ4n) is 9.47. The van der Waals surface area contributed by atoms with Crippen LogP contribution in [0.1, 0.15) is 78.5 Å². The van der Waals surface area contributed by atoms with Crippen LogP contribution in [0.3, 0.4) is 0 Å². The highest BCUT2D eigenvalue weighted by atomic mass is 16.7. The molecule has 38 heavy (non-hydrogen) atoms. The number of aliphatic hydroxyl groups excluding tert-OH is 1. The van der Waals surface area contributed by atoms with E-state index in [1.807, 2.05) is 33.8 Å². The number of hydrogen-bond donors (Lipinski definition) is 3. The molecule has 2 saturated heterocycles. The molecule has 206 valence electrons. The molecule has 7 rings (SSSR count). The molecule has 3 N–H and O–H groups in total. The van der Waals surface area contributed by atoms with E-state index in [9.17, 15) is 10.2 Å². The quantitative estimate of drug-likeness (QED) is 0.392. The maximum absolute atomic E-state index is 12.9. The largest absolute Gasteiger partial charge is 0.387 e. The van der Waals surface area contributed by atoms with Crippen molar-refractivity contribution >= 4 is 10.9 Å². The number of aromatic amines is 1. The maximum atomic E-state index is 12.9. The van der Waals surface area contributed by atoms with E-state index in [-0.39, 0.29) is 11.5 Å². The van der Waals surface area contributed by atoms with Crippen LogP contribution in [-0.4, -0.2) is 63.0 Å². The van der Waals surface area contributed by atoms with E-state index < -0.39 is 40.5 Å². The molecule has 3 heterocycles. The zero-order valence-corrected chi connectivity index (χ0v) is 23.6. The molecule has 6 heteroatoms. The molecule has 1 aromatic heterocycles. The molecule has 2 aliphatic heterocycles. The predicted octanol–water partition coefficient (Wildman–Crippen LogP) is 4.95. The van der Waals surface area contributed by atoms with Crippen molar-refractivity contribution in [1.29, 1.82) is 0 Å². The second-order valence-corrected chi connectivity index (χ2v) is 14.0. The van der Waals surface area contributed by atoms with Gasteiger partial charge in [-0.15, -0.1) is 0 Å². The molecule has 7 unspecified atom stereocenters. The number of hydrogen-bond acceptors (Lipinski definition) is 5.